The standard InChI is InChI=1S/C12H18BNO2/c1-2-14(11-7-8-11)9-10-5-3-4-6-12(10)13(15)16/h3-6,11,15-16H,2,7-9H2,1H3. The van der Waals surface area contributed by atoms with Crippen LogP contribution in [0.25, 0.3) is 0 Å². The van der Waals surface area contributed by atoms with E-state index in [2.05, 4.69) is 11.8 Å². The largest absolute Gasteiger partial charge is 0.488 e. The van der Waals surface area contributed by atoms with Crippen molar-refractivity contribution in [1.29, 1.82) is 0 Å². The number of benzene rings is 1. The van der Waals surface area contributed by atoms with E-state index in [9.17, 15) is 10.0 Å². The van der Waals surface area contributed by atoms with Crippen molar-refractivity contribution in [2.75, 3.05) is 6.54 Å². The summed E-state index contributed by atoms with van der Waals surface area (Å²) in [4.78, 5) is 2.39. The molecule has 16 heavy (non-hydrogen) atoms. The van der Waals surface area contributed by atoms with Gasteiger partial charge in [0, 0.05) is 12.6 Å². The Labute approximate surface area is 96.9 Å². The summed E-state index contributed by atoms with van der Waals surface area (Å²) in [5, 5.41) is 18.6. The van der Waals surface area contributed by atoms with Gasteiger partial charge in [0.15, 0.2) is 0 Å². The normalized spacial score (nSPS) is 15.5. The molecule has 3 nitrogen and oxygen atoms in total. The summed E-state index contributed by atoms with van der Waals surface area (Å²) in [6, 6.07) is 8.24. The van der Waals surface area contributed by atoms with Gasteiger partial charge in [-0.05, 0) is 30.4 Å². The Morgan fingerprint density at radius 2 is 2.00 bits per heavy atom. The molecule has 0 unspecified atom stereocenters. The van der Waals surface area contributed by atoms with E-state index in [-0.39, 0.29) is 0 Å². The van der Waals surface area contributed by atoms with E-state index in [1.54, 1.807) is 6.07 Å². The lowest BCUT2D eigenvalue weighted by molar-refractivity contribution is 0.269. The second kappa shape index (κ2) is 5.00. The van der Waals surface area contributed by atoms with Gasteiger partial charge in [-0.1, -0.05) is 31.2 Å². The first kappa shape index (κ1) is 11.6. The summed E-state index contributed by atoms with van der Waals surface area (Å²) < 4.78 is 0. The molecule has 4 heteroatoms. The molecule has 0 bridgehead atoms. The zero-order valence-electron chi connectivity index (χ0n) is 9.63. The molecule has 0 heterocycles. The summed E-state index contributed by atoms with van der Waals surface area (Å²) >= 11 is 0. The highest BCUT2D eigenvalue weighted by atomic mass is 16.4. The Morgan fingerprint density at radius 1 is 1.31 bits per heavy atom. The molecule has 0 spiro atoms. The minimum atomic E-state index is -1.37. The van der Waals surface area contributed by atoms with E-state index in [0.29, 0.717) is 11.5 Å². The van der Waals surface area contributed by atoms with E-state index < -0.39 is 7.12 Å². The van der Waals surface area contributed by atoms with Crippen molar-refractivity contribution >= 4 is 12.6 Å². The fourth-order valence-corrected chi connectivity index (χ4v) is 2.09. The van der Waals surface area contributed by atoms with E-state index >= 15 is 0 Å². The zero-order chi connectivity index (χ0) is 11.5. The van der Waals surface area contributed by atoms with Crippen molar-refractivity contribution in [3.63, 3.8) is 0 Å². The first-order valence-corrected chi connectivity index (χ1v) is 5.90. The van der Waals surface area contributed by atoms with Crippen molar-refractivity contribution in [3.05, 3.63) is 29.8 Å². The van der Waals surface area contributed by atoms with Crippen molar-refractivity contribution in [1.82, 2.24) is 4.90 Å². The molecule has 2 rings (SSSR count). The number of rotatable bonds is 5. The third kappa shape index (κ3) is 2.64. The molecule has 0 amide bonds. The second-order valence-corrected chi connectivity index (χ2v) is 4.37. The van der Waals surface area contributed by atoms with Gasteiger partial charge in [-0.3, -0.25) is 4.90 Å². The maximum absolute atomic E-state index is 9.28. The predicted octanol–water partition coefficient (Wildman–Crippen LogP) is 0.351. The fourth-order valence-electron chi connectivity index (χ4n) is 2.09. The monoisotopic (exact) mass is 219 g/mol. The summed E-state index contributed by atoms with van der Waals surface area (Å²) in [5.74, 6) is 0. The van der Waals surface area contributed by atoms with Gasteiger partial charge in [-0.25, -0.2) is 0 Å². The lowest BCUT2D eigenvalue weighted by atomic mass is 9.77. The third-order valence-electron chi connectivity index (χ3n) is 3.18. The van der Waals surface area contributed by atoms with Gasteiger partial charge < -0.3 is 10.0 Å². The van der Waals surface area contributed by atoms with E-state index in [0.717, 1.165) is 18.7 Å². The molecule has 1 aromatic rings. The van der Waals surface area contributed by atoms with Gasteiger partial charge >= 0.3 is 7.12 Å². The predicted molar refractivity (Wildman–Crippen MR) is 65.4 cm³/mol. The molecular formula is C12H18BNO2. The van der Waals surface area contributed by atoms with Gasteiger partial charge in [0.1, 0.15) is 0 Å². The van der Waals surface area contributed by atoms with E-state index in [1.807, 2.05) is 18.2 Å². The van der Waals surface area contributed by atoms with Crippen molar-refractivity contribution < 1.29 is 10.0 Å². The van der Waals surface area contributed by atoms with Crippen LogP contribution in [0, 0.1) is 0 Å². The van der Waals surface area contributed by atoms with Crippen LogP contribution in [0.3, 0.4) is 0 Å². The molecule has 0 radical (unpaired) electrons. The first-order valence-electron chi connectivity index (χ1n) is 5.90. The maximum atomic E-state index is 9.28. The fraction of sp³-hybridized carbons (Fsp3) is 0.500. The van der Waals surface area contributed by atoms with Gasteiger partial charge in [-0.2, -0.15) is 0 Å². The summed E-state index contributed by atoms with van der Waals surface area (Å²) in [6.07, 6.45) is 2.55. The van der Waals surface area contributed by atoms with Crippen molar-refractivity contribution in [3.8, 4) is 0 Å². The molecule has 1 saturated carbocycles. The number of nitrogens with zero attached hydrogens (tertiary/aromatic N) is 1. The topological polar surface area (TPSA) is 43.7 Å². The molecule has 1 fully saturated rings. The highest BCUT2D eigenvalue weighted by Crippen LogP contribution is 2.27. The van der Waals surface area contributed by atoms with Crippen LogP contribution in [0.15, 0.2) is 24.3 Å². The molecule has 0 aliphatic heterocycles. The summed E-state index contributed by atoms with van der Waals surface area (Å²) in [5.41, 5.74) is 1.65. The average Bonchev–Trinajstić information content (AvgIpc) is 3.10. The SMILES string of the molecule is CCN(Cc1ccccc1B(O)O)C1CC1. The molecule has 86 valence electrons. The highest BCUT2D eigenvalue weighted by Gasteiger charge is 2.28. The number of hydrogen-bond donors (Lipinski definition) is 2. The second-order valence-electron chi connectivity index (χ2n) is 4.37. The van der Waals surface area contributed by atoms with Gasteiger partial charge in [0.2, 0.25) is 0 Å². The third-order valence-corrected chi connectivity index (χ3v) is 3.18. The minimum Gasteiger partial charge on any atom is -0.423 e. The van der Waals surface area contributed by atoms with Crippen LogP contribution in [0.5, 0.6) is 0 Å². The summed E-state index contributed by atoms with van der Waals surface area (Å²) in [6.45, 7) is 3.98. The minimum absolute atomic E-state index is 0.626. The zero-order valence-corrected chi connectivity index (χ0v) is 9.63. The van der Waals surface area contributed by atoms with Crippen molar-refractivity contribution in [2.45, 2.75) is 32.4 Å². The summed E-state index contributed by atoms with van der Waals surface area (Å²) in [7, 11) is -1.37. The molecule has 2 N–H and O–H groups in total. The average molecular weight is 219 g/mol. The molecule has 1 aliphatic rings. The molecule has 1 aromatic carbocycles. The molecule has 1 aliphatic carbocycles. The Bertz CT molecular complexity index is 353. The lowest BCUT2D eigenvalue weighted by Gasteiger charge is -2.21. The van der Waals surface area contributed by atoms with Gasteiger partial charge in [0.05, 0.1) is 0 Å². The van der Waals surface area contributed by atoms with Crippen LogP contribution in [0.1, 0.15) is 25.3 Å². The Balaban J connectivity index is 2.12. The molecular weight excluding hydrogens is 201 g/mol. The quantitative estimate of drug-likeness (QED) is 0.702. The van der Waals surface area contributed by atoms with E-state index in [4.69, 9.17) is 0 Å². The number of hydrogen-bond acceptors (Lipinski definition) is 3. The van der Waals surface area contributed by atoms with Crippen LogP contribution in [0.2, 0.25) is 0 Å². The van der Waals surface area contributed by atoms with Gasteiger partial charge in [-0.15, -0.1) is 0 Å². The Morgan fingerprint density at radius 3 is 2.56 bits per heavy atom. The molecule has 0 atom stereocenters. The van der Waals surface area contributed by atoms with Crippen LogP contribution < -0.4 is 5.46 Å². The van der Waals surface area contributed by atoms with E-state index in [1.165, 1.54) is 12.8 Å². The van der Waals surface area contributed by atoms with Crippen LogP contribution >= 0.6 is 0 Å². The van der Waals surface area contributed by atoms with Gasteiger partial charge in [0.25, 0.3) is 0 Å². The Kier molecular flexibility index (Phi) is 3.64. The van der Waals surface area contributed by atoms with Crippen LogP contribution in [-0.4, -0.2) is 34.7 Å². The lowest BCUT2D eigenvalue weighted by Crippen LogP contribution is -2.36. The Hall–Kier alpha value is -0.835. The molecule has 0 aromatic heterocycles. The highest BCUT2D eigenvalue weighted by molar-refractivity contribution is 6.59. The maximum Gasteiger partial charge on any atom is 0.488 e. The van der Waals surface area contributed by atoms with Crippen LogP contribution in [-0.2, 0) is 6.54 Å². The molecule has 0 saturated heterocycles. The van der Waals surface area contributed by atoms with Crippen LogP contribution in [0.4, 0.5) is 0 Å². The van der Waals surface area contributed by atoms with Crippen molar-refractivity contribution in [2.24, 2.45) is 0 Å². The smallest absolute Gasteiger partial charge is 0.423 e. The first-order chi connectivity index (χ1) is 7.72.